The minimum atomic E-state index is -1.09. The molecule has 2 aromatic rings. The molecule has 8 heteroatoms. The van der Waals surface area contributed by atoms with E-state index in [0.29, 0.717) is 17.5 Å². The third-order valence-corrected chi connectivity index (χ3v) is 3.69. The zero-order valence-electron chi connectivity index (χ0n) is 14.4. The summed E-state index contributed by atoms with van der Waals surface area (Å²) in [6.45, 7) is 5.30. The van der Waals surface area contributed by atoms with E-state index in [1.807, 2.05) is 26.8 Å². The summed E-state index contributed by atoms with van der Waals surface area (Å²) in [7, 11) is 0. The summed E-state index contributed by atoms with van der Waals surface area (Å²) < 4.78 is 0. The van der Waals surface area contributed by atoms with Crippen molar-refractivity contribution in [3.8, 4) is 0 Å². The summed E-state index contributed by atoms with van der Waals surface area (Å²) in [5.41, 5.74) is 1.87. The van der Waals surface area contributed by atoms with Gasteiger partial charge >= 0.3 is 5.97 Å². The van der Waals surface area contributed by atoms with E-state index in [1.54, 1.807) is 12.3 Å². The molecule has 1 aromatic carbocycles. The van der Waals surface area contributed by atoms with Crippen LogP contribution in [-0.4, -0.2) is 45.7 Å². The third-order valence-electron chi connectivity index (χ3n) is 3.69. The average Bonchev–Trinajstić information content (AvgIpc) is 2.98. The van der Waals surface area contributed by atoms with Crippen LogP contribution in [0.5, 0.6) is 0 Å². The molecule has 4 N–H and O–H groups in total. The van der Waals surface area contributed by atoms with Crippen LogP contribution in [0, 0.1) is 12.8 Å². The van der Waals surface area contributed by atoms with Crippen molar-refractivity contribution in [3.63, 3.8) is 0 Å². The van der Waals surface area contributed by atoms with Crippen molar-refractivity contribution in [1.82, 2.24) is 20.8 Å². The zero-order valence-corrected chi connectivity index (χ0v) is 14.4. The van der Waals surface area contributed by atoms with Crippen LogP contribution >= 0.6 is 0 Å². The molecule has 134 valence electrons. The van der Waals surface area contributed by atoms with Gasteiger partial charge in [0, 0.05) is 5.39 Å². The summed E-state index contributed by atoms with van der Waals surface area (Å²) in [6, 6.07) is 2.63. The maximum absolute atomic E-state index is 12.4. The number of aryl methyl sites for hydroxylation is 1. The average molecular weight is 346 g/mol. The Kier molecular flexibility index (Phi) is 5.74. The maximum atomic E-state index is 12.4. The molecule has 2 amide bonds. The molecule has 0 radical (unpaired) electrons. The minimum absolute atomic E-state index is 0.122. The number of fused-ring (bicyclic) bond motifs is 1. The van der Waals surface area contributed by atoms with Gasteiger partial charge < -0.3 is 15.7 Å². The van der Waals surface area contributed by atoms with E-state index < -0.39 is 23.8 Å². The second kappa shape index (κ2) is 7.78. The Labute approximate surface area is 145 Å². The number of H-pyrrole nitrogens is 1. The Bertz CT molecular complexity index is 797. The Morgan fingerprint density at radius 3 is 2.64 bits per heavy atom. The van der Waals surface area contributed by atoms with Gasteiger partial charge in [0.1, 0.15) is 6.04 Å². The molecule has 2 rings (SSSR count). The van der Waals surface area contributed by atoms with Gasteiger partial charge in [0.2, 0.25) is 5.91 Å². The molecule has 25 heavy (non-hydrogen) atoms. The van der Waals surface area contributed by atoms with Crippen molar-refractivity contribution in [2.45, 2.75) is 33.2 Å². The highest BCUT2D eigenvalue weighted by atomic mass is 16.4. The van der Waals surface area contributed by atoms with E-state index in [-0.39, 0.29) is 12.5 Å². The number of nitrogens with one attached hydrogen (secondary N) is 3. The molecule has 0 saturated carbocycles. The van der Waals surface area contributed by atoms with Gasteiger partial charge in [-0.15, -0.1) is 0 Å². The minimum Gasteiger partial charge on any atom is -0.480 e. The number of rotatable bonds is 7. The molecule has 8 nitrogen and oxygen atoms in total. The molecule has 1 atom stereocenters. The molecule has 0 bridgehead atoms. The second-order valence-electron chi connectivity index (χ2n) is 6.42. The van der Waals surface area contributed by atoms with Crippen LogP contribution in [-0.2, 0) is 9.59 Å². The van der Waals surface area contributed by atoms with Gasteiger partial charge in [0.25, 0.3) is 5.91 Å². The topological polar surface area (TPSA) is 124 Å². The van der Waals surface area contributed by atoms with Crippen molar-refractivity contribution in [3.05, 3.63) is 29.5 Å². The van der Waals surface area contributed by atoms with E-state index in [9.17, 15) is 14.4 Å². The van der Waals surface area contributed by atoms with Crippen LogP contribution in [0.2, 0.25) is 0 Å². The van der Waals surface area contributed by atoms with E-state index in [0.717, 1.165) is 10.9 Å². The van der Waals surface area contributed by atoms with Crippen molar-refractivity contribution < 1.29 is 19.5 Å². The van der Waals surface area contributed by atoms with Gasteiger partial charge in [-0.2, -0.15) is 5.10 Å². The lowest BCUT2D eigenvalue weighted by Crippen LogP contribution is -2.46. The van der Waals surface area contributed by atoms with Crippen LogP contribution in [0.1, 0.15) is 36.2 Å². The zero-order chi connectivity index (χ0) is 18.6. The Morgan fingerprint density at radius 1 is 1.28 bits per heavy atom. The van der Waals surface area contributed by atoms with Gasteiger partial charge in [-0.05, 0) is 37.0 Å². The number of aromatic amines is 1. The molecule has 0 aliphatic carbocycles. The molecule has 0 saturated heterocycles. The highest BCUT2D eigenvalue weighted by Gasteiger charge is 2.21. The van der Waals surface area contributed by atoms with Gasteiger partial charge in [0.05, 0.1) is 23.8 Å². The molecular formula is C17H22N4O4. The van der Waals surface area contributed by atoms with E-state index >= 15 is 0 Å². The number of hydrogen-bond acceptors (Lipinski definition) is 4. The molecule has 0 unspecified atom stereocenters. The normalized spacial score (nSPS) is 12.2. The second-order valence-corrected chi connectivity index (χ2v) is 6.42. The van der Waals surface area contributed by atoms with Crippen molar-refractivity contribution in [2.75, 3.05) is 6.54 Å². The Hall–Kier alpha value is -2.90. The Morgan fingerprint density at radius 2 is 2.00 bits per heavy atom. The van der Waals surface area contributed by atoms with Crippen molar-refractivity contribution in [2.24, 2.45) is 5.92 Å². The molecule has 0 fully saturated rings. The van der Waals surface area contributed by atoms with Crippen LogP contribution in [0.25, 0.3) is 10.9 Å². The number of nitrogens with zero attached hydrogens (tertiary/aromatic N) is 1. The van der Waals surface area contributed by atoms with E-state index in [4.69, 9.17) is 5.11 Å². The SMILES string of the molecule is Cc1cc(C(=O)NCC(=O)N[C@@H](CC(C)C)C(=O)O)c2[nH]ncc2c1. The van der Waals surface area contributed by atoms with E-state index in [1.165, 1.54) is 0 Å². The first-order valence-electron chi connectivity index (χ1n) is 8.02. The third kappa shape index (κ3) is 4.79. The molecular weight excluding hydrogens is 324 g/mol. The van der Waals surface area contributed by atoms with Gasteiger partial charge in [-0.1, -0.05) is 13.8 Å². The Balaban J connectivity index is 2.00. The molecule has 1 aromatic heterocycles. The van der Waals surface area contributed by atoms with Crippen LogP contribution in [0.3, 0.4) is 0 Å². The standard InChI is InChI=1S/C17H22N4O4/c1-9(2)4-13(17(24)25)20-14(22)8-18-16(23)12-6-10(3)5-11-7-19-21-15(11)12/h5-7,9,13H,4,8H2,1-3H3,(H,18,23)(H,19,21)(H,20,22)(H,24,25)/t13-/m0/s1. The first kappa shape index (κ1) is 18.4. The number of hydrogen-bond donors (Lipinski definition) is 4. The fourth-order valence-corrected chi connectivity index (χ4v) is 2.58. The lowest BCUT2D eigenvalue weighted by atomic mass is 10.0. The van der Waals surface area contributed by atoms with Crippen molar-refractivity contribution >= 4 is 28.7 Å². The van der Waals surface area contributed by atoms with Crippen LogP contribution < -0.4 is 10.6 Å². The number of benzene rings is 1. The van der Waals surface area contributed by atoms with Crippen molar-refractivity contribution in [1.29, 1.82) is 0 Å². The predicted octanol–water partition coefficient (Wildman–Crippen LogP) is 1.22. The van der Waals surface area contributed by atoms with Crippen LogP contribution in [0.15, 0.2) is 18.3 Å². The fraction of sp³-hybridized carbons (Fsp3) is 0.412. The number of amides is 2. The van der Waals surface area contributed by atoms with E-state index in [2.05, 4.69) is 20.8 Å². The van der Waals surface area contributed by atoms with Gasteiger partial charge in [-0.25, -0.2) is 4.79 Å². The number of aromatic nitrogens is 2. The number of carboxylic acids is 1. The lowest BCUT2D eigenvalue weighted by Gasteiger charge is -2.16. The smallest absolute Gasteiger partial charge is 0.326 e. The first-order valence-corrected chi connectivity index (χ1v) is 8.02. The highest BCUT2D eigenvalue weighted by Crippen LogP contribution is 2.18. The molecule has 0 spiro atoms. The summed E-state index contributed by atoms with van der Waals surface area (Å²) in [5, 5.41) is 21.6. The quantitative estimate of drug-likeness (QED) is 0.600. The summed E-state index contributed by atoms with van der Waals surface area (Å²) in [4.78, 5) is 35.5. The number of carbonyl (C=O) groups excluding carboxylic acids is 2. The first-order chi connectivity index (χ1) is 11.8. The molecule has 0 aliphatic heterocycles. The summed E-state index contributed by atoms with van der Waals surface area (Å²) in [6.07, 6.45) is 1.94. The van der Waals surface area contributed by atoms with Crippen LogP contribution in [0.4, 0.5) is 0 Å². The number of carbonyl (C=O) groups is 3. The monoisotopic (exact) mass is 346 g/mol. The number of carboxylic acid groups (broad SMARTS) is 1. The highest BCUT2D eigenvalue weighted by molar-refractivity contribution is 6.06. The maximum Gasteiger partial charge on any atom is 0.326 e. The largest absolute Gasteiger partial charge is 0.480 e. The molecule has 0 aliphatic rings. The molecule has 1 heterocycles. The predicted molar refractivity (Wildman–Crippen MR) is 92.2 cm³/mol. The summed E-state index contributed by atoms with van der Waals surface area (Å²) in [5.74, 6) is -1.94. The van der Waals surface area contributed by atoms with Gasteiger partial charge in [0.15, 0.2) is 0 Å². The summed E-state index contributed by atoms with van der Waals surface area (Å²) >= 11 is 0. The lowest BCUT2D eigenvalue weighted by molar-refractivity contribution is -0.142. The fourth-order valence-electron chi connectivity index (χ4n) is 2.58. The number of aliphatic carboxylic acids is 1. The van der Waals surface area contributed by atoms with Gasteiger partial charge in [-0.3, -0.25) is 14.7 Å².